The van der Waals surface area contributed by atoms with E-state index in [2.05, 4.69) is 10.3 Å². The van der Waals surface area contributed by atoms with E-state index in [-0.39, 0.29) is 5.91 Å². The van der Waals surface area contributed by atoms with E-state index in [0.29, 0.717) is 24.6 Å². The molecule has 0 aliphatic carbocycles. The summed E-state index contributed by atoms with van der Waals surface area (Å²) in [5.41, 5.74) is 3.87. The van der Waals surface area contributed by atoms with E-state index in [9.17, 15) is 4.79 Å². The van der Waals surface area contributed by atoms with E-state index in [1.807, 2.05) is 66.2 Å². The number of benzene rings is 1. The predicted molar refractivity (Wildman–Crippen MR) is 112 cm³/mol. The average Bonchev–Trinajstić information content (AvgIpc) is 3.38. The van der Waals surface area contributed by atoms with Crippen LogP contribution in [-0.4, -0.2) is 28.5 Å². The number of hydrogen-bond donors (Lipinski definition) is 1. The van der Waals surface area contributed by atoms with Crippen molar-refractivity contribution in [1.29, 1.82) is 0 Å². The molecule has 1 N–H and O–H groups in total. The summed E-state index contributed by atoms with van der Waals surface area (Å²) >= 11 is 1.45. The van der Waals surface area contributed by atoms with Crippen molar-refractivity contribution in [3.05, 3.63) is 71.0 Å². The van der Waals surface area contributed by atoms with Gasteiger partial charge in [0.2, 0.25) is 0 Å². The third kappa shape index (κ3) is 3.56. The molecule has 0 fully saturated rings. The Bertz CT molecular complexity index is 1210. The molecule has 4 aromatic rings. The molecular weight excluding hydrogens is 386 g/mol. The summed E-state index contributed by atoms with van der Waals surface area (Å²) in [5, 5.41) is 2.96. The zero-order valence-electron chi connectivity index (χ0n) is 15.8. The van der Waals surface area contributed by atoms with Crippen molar-refractivity contribution in [2.45, 2.75) is 13.5 Å². The number of pyridine rings is 1. The number of nitrogens with one attached hydrogen (secondary N) is 1. The van der Waals surface area contributed by atoms with E-state index in [1.165, 1.54) is 11.3 Å². The Morgan fingerprint density at radius 2 is 2.00 bits per heavy atom. The second kappa shape index (κ2) is 7.25. The van der Waals surface area contributed by atoms with Gasteiger partial charge in [0.15, 0.2) is 11.5 Å². The third-order valence-electron chi connectivity index (χ3n) is 4.75. The van der Waals surface area contributed by atoms with Gasteiger partial charge in [-0.2, -0.15) is 0 Å². The van der Waals surface area contributed by atoms with Crippen LogP contribution in [-0.2, 0) is 6.54 Å². The molecule has 0 saturated heterocycles. The number of nitrogens with zero attached hydrogens (tertiary/aromatic N) is 2. The Labute approximate surface area is 171 Å². The Morgan fingerprint density at radius 3 is 2.90 bits per heavy atom. The van der Waals surface area contributed by atoms with E-state index in [1.54, 1.807) is 0 Å². The van der Waals surface area contributed by atoms with Crippen molar-refractivity contribution < 1.29 is 14.3 Å². The van der Waals surface area contributed by atoms with Crippen LogP contribution in [0.4, 0.5) is 0 Å². The monoisotopic (exact) mass is 405 g/mol. The van der Waals surface area contributed by atoms with Crippen LogP contribution in [0.1, 0.15) is 20.9 Å². The van der Waals surface area contributed by atoms with Gasteiger partial charge in [-0.15, -0.1) is 11.3 Å². The summed E-state index contributed by atoms with van der Waals surface area (Å²) in [5.74, 6) is 1.40. The summed E-state index contributed by atoms with van der Waals surface area (Å²) in [6.45, 7) is 3.54. The lowest BCUT2D eigenvalue weighted by atomic mass is 10.1. The number of carbonyl (C=O) groups excluding carboxylic acids is 1. The van der Waals surface area contributed by atoms with E-state index in [4.69, 9.17) is 9.47 Å². The summed E-state index contributed by atoms with van der Waals surface area (Å²) in [6.07, 6.45) is 3.91. The molecule has 1 aliphatic heterocycles. The maximum Gasteiger partial charge on any atom is 0.261 e. The number of amides is 1. The molecule has 1 aromatic carbocycles. The fourth-order valence-electron chi connectivity index (χ4n) is 3.29. The number of aromatic nitrogens is 2. The fourth-order valence-corrected chi connectivity index (χ4v) is 4.21. The predicted octanol–water partition coefficient (Wildman–Crippen LogP) is 4.07. The van der Waals surface area contributed by atoms with Crippen molar-refractivity contribution in [3.8, 4) is 21.9 Å². The minimum Gasteiger partial charge on any atom is -0.486 e. The minimum absolute atomic E-state index is 0.105. The smallest absolute Gasteiger partial charge is 0.261 e. The van der Waals surface area contributed by atoms with Gasteiger partial charge in [0.1, 0.15) is 18.9 Å². The Morgan fingerprint density at radius 1 is 1.14 bits per heavy atom. The second-order valence-corrected chi connectivity index (χ2v) is 7.99. The van der Waals surface area contributed by atoms with Crippen LogP contribution in [0.15, 0.2) is 54.9 Å². The molecule has 0 bridgehead atoms. The lowest BCUT2D eigenvalue weighted by Crippen LogP contribution is -2.21. The van der Waals surface area contributed by atoms with Crippen molar-refractivity contribution in [2.75, 3.05) is 13.2 Å². The zero-order valence-corrected chi connectivity index (χ0v) is 16.7. The highest BCUT2D eigenvalue weighted by atomic mass is 32.1. The molecule has 4 heterocycles. The molecule has 5 rings (SSSR count). The van der Waals surface area contributed by atoms with Gasteiger partial charge in [0.25, 0.3) is 5.91 Å². The van der Waals surface area contributed by atoms with Crippen LogP contribution in [0, 0.1) is 6.92 Å². The average molecular weight is 405 g/mol. The fraction of sp³-hybridized carbons (Fsp3) is 0.182. The number of thiophene rings is 1. The summed E-state index contributed by atoms with van der Waals surface area (Å²) in [6, 6.07) is 13.7. The second-order valence-electron chi connectivity index (χ2n) is 6.91. The van der Waals surface area contributed by atoms with Gasteiger partial charge in [0.05, 0.1) is 17.1 Å². The Kier molecular flexibility index (Phi) is 4.44. The van der Waals surface area contributed by atoms with Crippen LogP contribution in [0.25, 0.3) is 16.1 Å². The first-order valence-electron chi connectivity index (χ1n) is 9.38. The molecule has 1 amide bonds. The van der Waals surface area contributed by atoms with Gasteiger partial charge in [-0.25, -0.2) is 4.98 Å². The Balaban J connectivity index is 1.29. The van der Waals surface area contributed by atoms with Crippen molar-refractivity contribution in [3.63, 3.8) is 0 Å². The van der Waals surface area contributed by atoms with E-state index < -0.39 is 0 Å². The summed E-state index contributed by atoms with van der Waals surface area (Å²) in [7, 11) is 0. The number of imidazole rings is 1. The molecule has 6 nitrogen and oxygen atoms in total. The molecule has 0 saturated carbocycles. The van der Waals surface area contributed by atoms with E-state index >= 15 is 0 Å². The largest absolute Gasteiger partial charge is 0.486 e. The maximum absolute atomic E-state index is 12.6. The molecule has 0 spiro atoms. The highest BCUT2D eigenvalue weighted by molar-refractivity contribution is 7.17. The van der Waals surface area contributed by atoms with Gasteiger partial charge >= 0.3 is 0 Å². The Hall–Kier alpha value is -3.32. The van der Waals surface area contributed by atoms with Crippen molar-refractivity contribution >= 4 is 22.9 Å². The van der Waals surface area contributed by atoms with Crippen LogP contribution >= 0.6 is 11.3 Å². The van der Waals surface area contributed by atoms with E-state index in [0.717, 1.165) is 38.8 Å². The van der Waals surface area contributed by atoms with Gasteiger partial charge in [0, 0.05) is 17.3 Å². The highest BCUT2D eigenvalue weighted by Gasteiger charge is 2.15. The molecule has 0 atom stereocenters. The number of carbonyl (C=O) groups is 1. The van der Waals surface area contributed by atoms with Crippen LogP contribution in [0.5, 0.6) is 11.5 Å². The molecule has 1 aliphatic rings. The first kappa shape index (κ1) is 17.8. The van der Waals surface area contributed by atoms with Crippen LogP contribution in [0.2, 0.25) is 0 Å². The topological polar surface area (TPSA) is 64.9 Å². The molecular formula is C22H19N3O3S. The van der Waals surface area contributed by atoms with Crippen molar-refractivity contribution in [2.24, 2.45) is 0 Å². The lowest BCUT2D eigenvalue weighted by molar-refractivity contribution is 0.0954. The first-order chi connectivity index (χ1) is 14.2. The first-order valence-corrected chi connectivity index (χ1v) is 10.2. The zero-order chi connectivity index (χ0) is 19.8. The molecule has 3 aromatic heterocycles. The number of hydrogen-bond acceptors (Lipinski definition) is 5. The van der Waals surface area contributed by atoms with Gasteiger partial charge in [-0.3, -0.25) is 4.79 Å². The van der Waals surface area contributed by atoms with Crippen LogP contribution < -0.4 is 14.8 Å². The number of aryl methyl sites for hydroxylation is 1. The summed E-state index contributed by atoms with van der Waals surface area (Å²) < 4.78 is 13.2. The van der Waals surface area contributed by atoms with Crippen molar-refractivity contribution in [1.82, 2.24) is 14.7 Å². The number of rotatable bonds is 4. The summed E-state index contributed by atoms with van der Waals surface area (Å²) in [4.78, 5) is 18.8. The maximum atomic E-state index is 12.6. The van der Waals surface area contributed by atoms with Gasteiger partial charge < -0.3 is 19.2 Å². The van der Waals surface area contributed by atoms with Gasteiger partial charge in [-0.05, 0) is 60.5 Å². The standard InChI is InChI=1S/C22H19N3O3S/c1-14-6-7-25-13-16(24-21(25)10-14)12-23-22(26)20-5-4-19(29-20)15-2-3-17-18(11-15)28-9-8-27-17/h2-7,10-11,13H,8-9,12H2,1H3,(H,23,26). The minimum atomic E-state index is -0.105. The number of fused-ring (bicyclic) bond motifs is 2. The lowest BCUT2D eigenvalue weighted by Gasteiger charge is -2.18. The van der Waals surface area contributed by atoms with Gasteiger partial charge in [-0.1, -0.05) is 0 Å². The third-order valence-corrected chi connectivity index (χ3v) is 5.89. The number of ether oxygens (including phenoxy) is 2. The molecule has 0 radical (unpaired) electrons. The molecule has 0 unspecified atom stereocenters. The molecule has 7 heteroatoms. The highest BCUT2D eigenvalue weighted by Crippen LogP contribution is 2.36. The molecule has 29 heavy (non-hydrogen) atoms. The normalized spacial score (nSPS) is 12.9. The molecule has 146 valence electrons. The van der Waals surface area contributed by atoms with Crippen LogP contribution in [0.3, 0.4) is 0 Å². The SMILES string of the molecule is Cc1ccn2cc(CNC(=O)c3ccc(-c4ccc5c(c4)OCCO5)s3)nc2c1. The quantitative estimate of drug-likeness (QED) is 0.556.